The maximum Gasteiger partial charge on any atom is 0.329 e. The molecule has 0 aliphatic carbocycles. The van der Waals surface area contributed by atoms with E-state index in [9.17, 15) is 9.59 Å². The van der Waals surface area contributed by atoms with Gasteiger partial charge in [-0.1, -0.05) is 30.3 Å². The lowest BCUT2D eigenvalue weighted by atomic mass is 10.1. The van der Waals surface area contributed by atoms with Crippen LogP contribution in [0.25, 0.3) is 11.2 Å². The molecule has 0 unspecified atom stereocenters. The van der Waals surface area contributed by atoms with Gasteiger partial charge in [-0.25, -0.2) is 9.78 Å². The van der Waals surface area contributed by atoms with Crippen molar-refractivity contribution in [1.29, 1.82) is 0 Å². The van der Waals surface area contributed by atoms with Crippen LogP contribution >= 0.6 is 0 Å². The summed E-state index contributed by atoms with van der Waals surface area (Å²) in [4.78, 5) is 34.2. The van der Waals surface area contributed by atoms with Gasteiger partial charge in [0.1, 0.15) is 5.82 Å². The average Bonchev–Trinajstić information content (AvgIpc) is 3.05. The molecule has 0 bridgehead atoms. The van der Waals surface area contributed by atoms with Gasteiger partial charge in [-0.3, -0.25) is 19.2 Å². The van der Waals surface area contributed by atoms with Crippen LogP contribution in [0.15, 0.2) is 39.9 Å². The Morgan fingerprint density at radius 3 is 2.53 bits per heavy atom. The smallest absolute Gasteiger partial charge is 0.329 e. The van der Waals surface area contributed by atoms with Crippen molar-refractivity contribution in [2.24, 2.45) is 7.05 Å². The van der Waals surface area contributed by atoms with Crippen molar-refractivity contribution in [3.05, 3.63) is 62.6 Å². The molecule has 0 amide bonds. The molecule has 2 aromatic heterocycles. The minimum absolute atomic E-state index is 0.150. The maximum atomic E-state index is 12.7. The molecule has 1 aromatic carbocycles. The summed E-state index contributed by atoms with van der Waals surface area (Å²) in [5, 5.41) is 0. The molecular weight excluding hydrogens is 382 g/mol. The fourth-order valence-electron chi connectivity index (χ4n) is 4.34. The van der Waals surface area contributed by atoms with Crippen LogP contribution < -0.4 is 11.2 Å². The third kappa shape index (κ3) is 4.24. The Balaban J connectivity index is 1.66. The Kier molecular flexibility index (Phi) is 5.87. The Hall–Kier alpha value is -2.71. The van der Waals surface area contributed by atoms with Gasteiger partial charge in [0, 0.05) is 26.7 Å². The first-order valence-electron chi connectivity index (χ1n) is 10.5. The average molecular weight is 412 g/mol. The lowest BCUT2D eigenvalue weighted by Gasteiger charge is -2.35. The fraction of sp³-hybridized carbons (Fsp3) is 0.500. The molecule has 160 valence electrons. The molecule has 8 nitrogen and oxygen atoms in total. The second kappa shape index (κ2) is 8.57. The van der Waals surface area contributed by atoms with E-state index < -0.39 is 5.69 Å². The van der Waals surface area contributed by atoms with Crippen LogP contribution in [0.2, 0.25) is 0 Å². The van der Waals surface area contributed by atoms with E-state index in [4.69, 9.17) is 9.72 Å². The highest BCUT2D eigenvalue weighted by Crippen LogP contribution is 2.18. The molecule has 2 atom stereocenters. The molecule has 8 heteroatoms. The number of nitrogens with zero attached hydrogens (tertiary/aromatic N) is 4. The predicted molar refractivity (Wildman–Crippen MR) is 116 cm³/mol. The number of H-pyrrole nitrogens is 1. The lowest BCUT2D eigenvalue weighted by Crippen LogP contribution is -2.45. The van der Waals surface area contributed by atoms with Crippen molar-refractivity contribution in [2.75, 3.05) is 13.1 Å². The minimum atomic E-state index is -0.443. The van der Waals surface area contributed by atoms with E-state index >= 15 is 0 Å². The molecule has 0 saturated carbocycles. The first kappa shape index (κ1) is 20.6. The monoisotopic (exact) mass is 411 g/mol. The van der Waals surface area contributed by atoms with E-state index in [1.165, 1.54) is 10.1 Å². The second-order valence-corrected chi connectivity index (χ2v) is 8.21. The molecule has 4 rings (SSSR count). The molecule has 1 fully saturated rings. The number of nitrogens with one attached hydrogen (secondary N) is 1. The summed E-state index contributed by atoms with van der Waals surface area (Å²) < 4.78 is 9.24. The zero-order valence-corrected chi connectivity index (χ0v) is 17.8. The van der Waals surface area contributed by atoms with Gasteiger partial charge < -0.3 is 9.30 Å². The highest BCUT2D eigenvalue weighted by molar-refractivity contribution is 5.70. The zero-order chi connectivity index (χ0) is 21.3. The molecular formula is C22H29N5O3. The lowest BCUT2D eigenvalue weighted by molar-refractivity contribution is -0.0712. The Morgan fingerprint density at radius 2 is 1.83 bits per heavy atom. The summed E-state index contributed by atoms with van der Waals surface area (Å²) in [5.74, 6) is 0.811. The molecule has 0 radical (unpaired) electrons. The molecule has 3 heterocycles. The van der Waals surface area contributed by atoms with Gasteiger partial charge in [-0.15, -0.1) is 0 Å². The maximum absolute atomic E-state index is 12.7. The van der Waals surface area contributed by atoms with Crippen LogP contribution in [0, 0.1) is 0 Å². The van der Waals surface area contributed by atoms with Crippen LogP contribution in [-0.2, 0) is 31.3 Å². The van der Waals surface area contributed by atoms with E-state index in [0.29, 0.717) is 24.3 Å². The molecule has 30 heavy (non-hydrogen) atoms. The fourth-order valence-corrected chi connectivity index (χ4v) is 4.34. The van der Waals surface area contributed by atoms with Crippen molar-refractivity contribution in [2.45, 2.75) is 52.0 Å². The van der Waals surface area contributed by atoms with Crippen LogP contribution in [-0.4, -0.2) is 49.3 Å². The molecule has 3 aromatic rings. The van der Waals surface area contributed by atoms with Crippen LogP contribution in [0.1, 0.15) is 31.7 Å². The van der Waals surface area contributed by atoms with Gasteiger partial charge in [0.2, 0.25) is 0 Å². The number of benzene rings is 1. The number of aryl methyl sites for hydroxylation is 3. The Morgan fingerprint density at radius 1 is 1.13 bits per heavy atom. The minimum Gasteiger partial charge on any atom is -0.373 e. The van der Waals surface area contributed by atoms with Gasteiger partial charge in [-0.2, -0.15) is 0 Å². The van der Waals surface area contributed by atoms with E-state index in [-0.39, 0.29) is 17.8 Å². The molecule has 1 aliphatic rings. The van der Waals surface area contributed by atoms with Crippen molar-refractivity contribution in [3.63, 3.8) is 0 Å². The summed E-state index contributed by atoms with van der Waals surface area (Å²) in [6.45, 7) is 7.04. The first-order chi connectivity index (χ1) is 14.4. The number of rotatable bonds is 6. The number of fused-ring (bicyclic) bond motifs is 1. The highest BCUT2D eigenvalue weighted by Gasteiger charge is 2.25. The number of aromatic nitrogens is 4. The van der Waals surface area contributed by atoms with Gasteiger partial charge >= 0.3 is 5.69 Å². The third-order valence-corrected chi connectivity index (χ3v) is 5.64. The largest absolute Gasteiger partial charge is 0.373 e. The van der Waals surface area contributed by atoms with Crippen molar-refractivity contribution in [1.82, 2.24) is 24.0 Å². The van der Waals surface area contributed by atoms with Crippen LogP contribution in [0.3, 0.4) is 0 Å². The van der Waals surface area contributed by atoms with Gasteiger partial charge in [-0.05, 0) is 32.3 Å². The van der Waals surface area contributed by atoms with Gasteiger partial charge in [0.05, 0.1) is 18.8 Å². The van der Waals surface area contributed by atoms with Crippen molar-refractivity contribution >= 4 is 11.2 Å². The molecule has 1 saturated heterocycles. The SMILES string of the molecule is C[C@@H]1CN(Cc2nc3c(c(=O)[nH]c(=O)n3C)n2CCCc2ccccc2)C[C@@H](C)O1. The second-order valence-electron chi connectivity index (χ2n) is 8.21. The van der Waals surface area contributed by atoms with E-state index in [2.05, 4.69) is 35.9 Å². The molecule has 1 aliphatic heterocycles. The van der Waals surface area contributed by atoms with Crippen LogP contribution in [0.5, 0.6) is 0 Å². The summed E-state index contributed by atoms with van der Waals surface area (Å²) in [7, 11) is 1.64. The number of ether oxygens (including phenoxy) is 1. The van der Waals surface area contributed by atoms with Gasteiger partial charge in [0.15, 0.2) is 11.2 Å². The normalized spacial score (nSPS) is 20.1. The first-order valence-corrected chi connectivity index (χ1v) is 10.5. The van der Waals surface area contributed by atoms with Gasteiger partial charge in [0.25, 0.3) is 5.56 Å². The zero-order valence-electron chi connectivity index (χ0n) is 17.8. The third-order valence-electron chi connectivity index (χ3n) is 5.64. The number of imidazole rings is 1. The van der Waals surface area contributed by atoms with Crippen molar-refractivity contribution in [3.8, 4) is 0 Å². The number of hydrogen-bond donors (Lipinski definition) is 1. The Bertz CT molecular complexity index is 1120. The number of hydrogen-bond acceptors (Lipinski definition) is 5. The standard InChI is InChI=1S/C22H29N5O3/c1-15-12-26(13-16(2)30-15)14-18-23-20-19(21(28)24-22(29)25(20)3)27(18)11-7-10-17-8-5-4-6-9-17/h4-6,8-9,15-16H,7,10-14H2,1-3H3,(H,24,28,29)/t15-,16-/m1/s1. The van der Waals surface area contributed by atoms with E-state index in [0.717, 1.165) is 31.8 Å². The number of morpholine rings is 1. The van der Waals surface area contributed by atoms with E-state index in [1.54, 1.807) is 7.05 Å². The van der Waals surface area contributed by atoms with Crippen molar-refractivity contribution < 1.29 is 4.74 Å². The summed E-state index contributed by atoms with van der Waals surface area (Å²) >= 11 is 0. The van der Waals surface area contributed by atoms with Crippen LogP contribution in [0.4, 0.5) is 0 Å². The quantitative estimate of drug-likeness (QED) is 0.667. The number of aromatic amines is 1. The molecule has 1 N–H and O–H groups in total. The van der Waals surface area contributed by atoms with E-state index in [1.807, 2.05) is 22.8 Å². The summed E-state index contributed by atoms with van der Waals surface area (Å²) in [5.41, 5.74) is 1.35. The predicted octanol–water partition coefficient (Wildman–Crippen LogP) is 1.67. The Labute approximate surface area is 175 Å². The molecule has 0 spiro atoms. The summed E-state index contributed by atoms with van der Waals surface area (Å²) in [6, 6.07) is 10.3. The highest BCUT2D eigenvalue weighted by atomic mass is 16.5. The summed E-state index contributed by atoms with van der Waals surface area (Å²) in [6.07, 6.45) is 2.09. The topological polar surface area (TPSA) is 85.2 Å².